The van der Waals surface area contributed by atoms with Crippen LogP contribution in [0.15, 0.2) is 30.3 Å². The quantitative estimate of drug-likeness (QED) is 0.754. The average Bonchev–Trinajstić information content (AvgIpc) is 2.17. The van der Waals surface area contributed by atoms with Gasteiger partial charge in [0, 0.05) is 16.7 Å². The number of carbonyl (C=O) groups is 1. The van der Waals surface area contributed by atoms with Gasteiger partial charge in [-0.15, -0.1) is 0 Å². The van der Waals surface area contributed by atoms with Crippen LogP contribution in [0.4, 0.5) is 0 Å². The molecule has 15 heavy (non-hydrogen) atoms. The van der Waals surface area contributed by atoms with E-state index in [1.807, 2.05) is 51.1 Å². The summed E-state index contributed by atoms with van der Waals surface area (Å²) in [6, 6.07) is 10.0. The third-order valence-electron chi connectivity index (χ3n) is 2.36. The SMILES string of the molecule is CC(C)(C)C(=O)CC(Br)c1ccccc1. The molecule has 1 atom stereocenters. The molecule has 0 spiro atoms. The van der Waals surface area contributed by atoms with Crippen molar-refractivity contribution in [2.45, 2.75) is 32.0 Å². The fraction of sp³-hybridized carbons (Fsp3) is 0.462. The normalized spacial score (nSPS) is 13.6. The number of Topliss-reactive ketones (excluding diaryl/α,β-unsaturated/α-hetero) is 1. The number of alkyl halides is 1. The largest absolute Gasteiger partial charge is 0.299 e. The molecule has 0 aliphatic carbocycles. The summed E-state index contributed by atoms with van der Waals surface area (Å²) in [5.74, 6) is 0.285. The van der Waals surface area contributed by atoms with Crippen molar-refractivity contribution < 1.29 is 4.79 Å². The maximum absolute atomic E-state index is 11.8. The van der Waals surface area contributed by atoms with E-state index in [1.54, 1.807) is 0 Å². The van der Waals surface area contributed by atoms with Crippen LogP contribution in [-0.4, -0.2) is 5.78 Å². The number of benzene rings is 1. The van der Waals surface area contributed by atoms with Crippen LogP contribution in [0.5, 0.6) is 0 Å². The van der Waals surface area contributed by atoms with E-state index >= 15 is 0 Å². The van der Waals surface area contributed by atoms with E-state index in [1.165, 1.54) is 0 Å². The molecule has 1 unspecified atom stereocenters. The van der Waals surface area contributed by atoms with Crippen LogP contribution in [0.3, 0.4) is 0 Å². The first-order valence-corrected chi connectivity index (χ1v) is 6.05. The Labute approximate surface area is 100 Å². The first-order valence-electron chi connectivity index (χ1n) is 5.13. The van der Waals surface area contributed by atoms with Crippen LogP contribution < -0.4 is 0 Å². The number of halogens is 1. The van der Waals surface area contributed by atoms with Crippen molar-refractivity contribution in [3.63, 3.8) is 0 Å². The van der Waals surface area contributed by atoms with Crippen molar-refractivity contribution in [2.24, 2.45) is 5.41 Å². The van der Waals surface area contributed by atoms with Gasteiger partial charge in [-0.25, -0.2) is 0 Å². The molecule has 1 rings (SSSR count). The van der Waals surface area contributed by atoms with Gasteiger partial charge in [0.05, 0.1) is 0 Å². The van der Waals surface area contributed by atoms with Gasteiger partial charge in [0.15, 0.2) is 0 Å². The fourth-order valence-corrected chi connectivity index (χ4v) is 1.85. The average molecular weight is 269 g/mol. The Morgan fingerprint density at radius 3 is 2.27 bits per heavy atom. The summed E-state index contributed by atoms with van der Waals surface area (Å²) in [6.07, 6.45) is 0.549. The summed E-state index contributed by atoms with van der Waals surface area (Å²) in [4.78, 5) is 11.9. The van der Waals surface area contributed by atoms with E-state index in [0.29, 0.717) is 6.42 Å². The van der Waals surface area contributed by atoms with Gasteiger partial charge in [-0.05, 0) is 5.56 Å². The molecule has 0 saturated heterocycles. The van der Waals surface area contributed by atoms with Gasteiger partial charge < -0.3 is 0 Å². The molecule has 0 heterocycles. The zero-order valence-electron chi connectivity index (χ0n) is 9.46. The molecule has 0 N–H and O–H groups in total. The molecule has 0 aliphatic rings. The second-order valence-corrected chi connectivity index (χ2v) is 5.86. The van der Waals surface area contributed by atoms with Crippen LogP contribution >= 0.6 is 15.9 Å². The van der Waals surface area contributed by atoms with E-state index in [0.717, 1.165) is 5.56 Å². The molecular weight excluding hydrogens is 252 g/mol. The van der Waals surface area contributed by atoms with Gasteiger partial charge >= 0.3 is 0 Å². The summed E-state index contributed by atoms with van der Waals surface area (Å²) in [7, 11) is 0. The highest BCUT2D eigenvalue weighted by atomic mass is 79.9. The van der Waals surface area contributed by atoms with Crippen molar-refractivity contribution in [2.75, 3.05) is 0 Å². The number of hydrogen-bond donors (Lipinski definition) is 0. The Kier molecular flexibility index (Phi) is 4.09. The van der Waals surface area contributed by atoms with Gasteiger partial charge in [-0.2, -0.15) is 0 Å². The highest BCUT2D eigenvalue weighted by Crippen LogP contribution is 2.30. The molecule has 2 heteroatoms. The van der Waals surface area contributed by atoms with Crippen LogP contribution in [0, 0.1) is 5.41 Å². The highest BCUT2D eigenvalue weighted by molar-refractivity contribution is 9.09. The van der Waals surface area contributed by atoms with Gasteiger partial charge in [0.2, 0.25) is 0 Å². The molecule has 1 nitrogen and oxygen atoms in total. The summed E-state index contributed by atoms with van der Waals surface area (Å²) in [6.45, 7) is 5.88. The fourth-order valence-electron chi connectivity index (χ4n) is 1.25. The molecule has 0 aliphatic heterocycles. The molecule has 0 amide bonds. The summed E-state index contributed by atoms with van der Waals surface area (Å²) >= 11 is 3.56. The zero-order chi connectivity index (χ0) is 11.5. The lowest BCUT2D eigenvalue weighted by Crippen LogP contribution is -2.21. The zero-order valence-corrected chi connectivity index (χ0v) is 11.0. The number of hydrogen-bond acceptors (Lipinski definition) is 1. The second kappa shape index (κ2) is 4.93. The Morgan fingerprint density at radius 1 is 1.27 bits per heavy atom. The maximum atomic E-state index is 11.8. The monoisotopic (exact) mass is 268 g/mol. The molecule has 1 aromatic rings. The van der Waals surface area contributed by atoms with E-state index in [-0.39, 0.29) is 16.0 Å². The molecule has 82 valence electrons. The number of ketones is 1. The van der Waals surface area contributed by atoms with E-state index in [4.69, 9.17) is 0 Å². The van der Waals surface area contributed by atoms with Gasteiger partial charge in [0.1, 0.15) is 5.78 Å². The van der Waals surface area contributed by atoms with E-state index in [9.17, 15) is 4.79 Å². The third-order valence-corrected chi connectivity index (χ3v) is 3.21. The molecular formula is C13H17BrO. The first-order chi connectivity index (χ1) is 6.91. The number of rotatable bonds is 3. The molecule has 0 fully saturated rings. The lowest BCUT2D eigenvalue weighted by Gasteiger charge is -2.19. The molecule has 0 saturated carbocycles. The van der Waals surface area contributed by atoms with Crippen molar-refractivity contribution in [1.29, 1.82) is 0 Å². The van der Waals surface area contributed by atoms with Crippen LogP contribution in [0.2, 0.25) is 0 Å². The minimum absolute atomic E-state index is 0.130. The van der Waals surface area contributed by atoms with E-state index in [2.05, 4.69) is 15.9 Å². The minimum Gasteiger partial charge on any atom is -0.299 e. The van der Waals surface area contributed by atoms with E-state index < -0.39 is 0 Å². The highest BCUT2D eigenvalue weighted by Gasteiger charge is 2.23. The van der Waals surface area contributed by atoms with Gasteiger partial charge in [-0.1, -0.05) is 67.0 Å². The van der Waals surface area contributed by atoms with Crippen molar-refractivity contribution >= 4 is 21.7 Å². The van der Waals surface area contributed by atoms with Crippen LogP contribution in [-0.2, 0) is 4.79 Å². The molecule has 0 radical (unpaired) electrons. The predicted molar refractivity (Wildman–Crippen MR) is 67.2 cm³/mol. The Morgan fingerprint density at radius 2 is 1.80 bits per heavy atom. The van der Waals surface area contributed by atoms with Crippen LogP contribution in [0.1, 0.15) is 37.6 Å². The smallest absolute Gasteiger partial charge is 0.139 e. The maximum Gasteiger partial charge on any atom is 0.139 e. The summed E-state index contributed by atoms with van der Waals surface area (Å²) < 4.78 is 0. The van der Waals surface area contributed by atoms with Crippen molar-refractivity contribution in [3.8, 4) is 0 Å². The van der Waals surface area contributed by atoms with Gasteiger partial charge in [0.25, 0.3) is 0 Å². The number of carbonyl (C=O) groups excluding carboxylic acids is 1. The van der Waals surface area contributed by atoms with Gasteiger partial charge in [-0.3, -0.25) is 4.79 Å². The van der Waals surface area contributed by atoms with Crippen LogP contribution in [0.25, 0.3) is 0 Å². The summed E-state index contributed by atoms with van der Waals surface area (Å²) in [5, 5.41) is 0. The third kappa shape index (κ3) is 3.78. The second-order valence-electron chi connectivity index (χ2n) is 4.76. The molecule has 0 bridgehead atoms. The Bertz CT molecular complexity index is 324. The lowest BCUT2D eigenvalue weighted by molar-refractivity contribution is -0.126. The topological polar surface area (TPSA) is 17.1 Å². The first kappa shape index (κ1) is 12.4. The summed E-state index contributed by atoms with van der Waals surface area (Å²) in [5.41, 5.74) is 0.913. The Hall–Kier alpha value is -0.630. The Balaban J connectivity index is 2.65. The molecule has 0 aromatic heterocycles. The molecule has 1 aromatic carbocycles. The predicted octanol–water partition coefficient (Wildman–Crippen LogP) is 4.13. The standard InChI is InChI=1S/C13H17BrO/c1-13(2,3)12(15)9-11(14)10-7-5-4-6-8-10/h4-8,11H,9H2,1-3H3. The lowest BCUT2D eigenvalue weighted by atomic mass is 9.87. The van der Waals surface area contributed by atoms with Crippen molar-refractivity contribution in [3.05, 3.63) is 35.9 Å². The minimum atomic E-state index is -0.249. The van der Waals surface area contributed by atoms with Crippen molar-refractivity contribution in [1.82, 2.24) is 0 Å².